The van der Waals surface area contributed by atoms with Crippen molar-refractivity contribution in [3.05, 3.63) is 54.1 Å². The zero-order chi connectivity index (χ0) is 16.1. The summed E-state index contributed by atoms with van der Waals surface area (Å²) < 4.78 is 11.3. The van der Waals surface area contributed by atoms with Crippen molar-refractivity contribution in [1.29, 1.82) is 0 Å². The average molecular weight is 301 g/mol. The van der Waals surface area contributed by atoms with E-state index in [0.29, 0.717) is 6.61 Å². The van der Waals surface area contributed by atoms with E-state index in [9.17, 15) is 4.79 Å². The van der Waals surface area contributed by atoms with Crippen molar-refractivity contribution in [2.24, 2.45) is 5.92 Å². The van der Waals surface area contributed by atoms with Crippen LogP contribution in [0.1, 0.15) is 25.5 Å². The van der Waals surface area contributed by atoms with Crippen LogP contribution < -0.4 is 10.1 Å². The lowest BCUT2D eigenvalue weighted by Gasteiger charge is -2.33. The number of fused-ring (bicyclic) bond motifs is 1. The van der Waals surface area contributed by atoms with Gasteiger partial charge in [-0.1, -0.05) is 42.5 Å². The summed E-state index contributed by atoms with van der Waals surface area (Å²) in [4.78, 5) is 12.4. The van der Waals surface area contributed by atoms with E-state index < -0.39 is 0 Å². The van der Waals surface area contributed by atoms with Gasteiger partial charge >= 0.3 is 0 Å². The van der Waals surface area contributed by atoms with Crippen LogP contribution in [0, 0.1) is 5.92 Å². The number of rotatable bonds is 5. The van der Waals surface area contributed by atoms with Crippen molar-refractivity contribution in [3.63, 3.8) is 0 Å². The smallest absolute Gasteiger partial charge is 0.227 e. The third-order valence-corrected chi connectivity index (χ3v) is 4.05. The first kappa shape index (κ1) is 16.3. The highest BCUT2D eigenvalue weighted by Crippen LogP contribution is 2.34. The van der Waals surface area contributed by atoms with Gasteiger partial charge in [-0.25, -0.2) is 0 Å². The van der Waals surface area contributed by atoms with Gasteiger partial charge in [-0.05, 0) is 19.9 Å². The van der Waals surface area contributed by atoms with Gasteiger partial charge in [0.2, 0.25) is 5.91 Å². The molecule has 1 aromatic rings. The fourth-order valence-corrected chi connectivity index (χ4v) is 2.58. The predicted molar refractivity (Wildman–Crippen MR) is 86.7 cm³/mol. The van der Waals surface area contributed by atoms with Gasteiger partial charge in [-0.15, -0.1) is 0 Å². The number of allylic oxidation sites excluding steroid dienone is 2. The fraction of sp³-hybridized carbons (Fsp3) is 0.389. The second-order valence-electron chi connectivity index (χ2n) is 5.49. The molecule has 1 N–H and O–H groups in total. The van der Waals surface area contributed by atoms with Crippen LogP contribution in [-0.2, 0) is 9.53 Å². The molecule has 4 nitrogen and oxygen atoms in total. The van der Waals surface area contributed by atoms with Crippen LogP contribution in [0.2, 0.25) is 0 Å². The molecule has 22 heavy (non-hydrogen) atoms. The number of hydrogen-bond donors (Lipinski definition) is 1. The standard InChI is InChI=1S/C18H23NO3/c1-5-8-12(2)13(3)18(20)19-15-11-22-16-10-7-6-9-14(16)17(15)21-4/h5-10,13,15,17H,1,11H2,2-4H3,(H,19,20)/b12-8+/t13-,15?,17?/m0/s1. The van der Waals surface area contributed by atoms with Crippen molar-refractivity contribution in [1.82, 2.24) is 5.32 Å². The highest BCUT2D eigenvalue weighted by molar-refractivity contribution is 5.81. The molecule has 0 saturated carbocycles. The van der Waals surface area contributed by atoms with Crippen molar-refractivity contribution < 1.29 is 14.3 Å². The van der Waals surface area contributed by atoms with E-state index in [-0.39, 0.29) is 24.0 Å². The lowest BCUT2D eigenvalue weighted by Crippen LogP contribution is -2.47. The molecule has 1 aromatic carbocycles. The lowest BCUT2D eigenvalue weighted by atomic mass is 9.96. The number of nitrogens with one attached hydrogen (secondary N) is 1. The van der Waals surface area contributed by atoms with E-state index in [0.717, 1.165) is 16.9 Å². The maximum atomic E-state index is 12.4. The summed E-state index contributed by atoms with van der Waals surface area (Å²) in [6.45, 7) is 7.86. The summed E-state index contributed by atoms with van der Waals surface area (Å²) in [5.41, 5.74) is 1.94. The molecule has 1 heterocycles. The van der Waals surface area contributed by atoms with Crippen LogP contribution in [0.25, 0.3) is 0 Å². The Hall–Kier alpha value is -2.07. The molecule has 0 bridgehead atoms. The normalized spacial score (nSPS) is 22.2. The van der Waals surface area contributed by atoms with Crippen molar-refractivity contribution in [2.75, 3.05) is 13.7 Å². The SMILES string of the molecule is C=C/C=C(\C)[C@H](C)C(=O)NC1COc2ccccc2C1OC. The van der Waals surface area contributed by atoms with Gasteiger partial charge in [0, 0.05) is 12.7 Å². The van der Waals surface area contributed by atoms with E-state index in [1.165, 1.54) is 0 Å². The number of amides is 1. The molecular weight excluding hydrogens is 278 g/mol. The Morgan fingerprint density at radius 2 is 2.23 bits per heavy atom. The Labute approximate surface area is 131 Å². The van der Waals surface area contributed by atoms with Gasteiger partial charge in [0.05, 0.1) is 12.0 Å². The Balaban J connectivity index is 2.12. The van der Waals surface area contributed by atoms with E-state index in [1.807, 2.05) is 44.2 Å². The monoisotopic (exact) mass is 301 g/mol. The summed E-state index contributed by atoms with van der Waals surface area (Å²) in [5.74, 6) is 0.564. The Kier molecular flexibility index (Phi) is 5.39. The average Bonchev–Trinajstić information content (AvgIpc) is 2.54. The minimum absolute atomic E-state index is 0.0365. The maximum absolute atomic E-state index is 12.4. The minimum atomic E-state index is -0.215. The number of hydrogen-bond acceptors (Lipinski definition) is 3. The third kappa shape index (κ3) is 3.39. The minimum Gasteiger partial charge on any atom is -0.491 e. The van der Waals surface area contributed by atoms with Gasteiger partial charge < -0.3 is 14.8 Å². The molecular formula is C18H23NO3. The topological polar surface area (TPSA) is 47.6 Å². The van der Waals surface area contributed by atoms with Gasteiger partial charge in [-0.3, -0.25) is 4.79 Å². The first-order valence-electron chi connectivity index (χ1n) is 7.42. The van der Waals surface area contributed by atoms with Crippen molar-refractivity contribution in [3.8, 4) is 5.75 Å². The van der Waals surface area contributed by atoms with Gasteiger partial charge in [-0.2, -0.15) is 0 Å². The Bertz CT molecular complexity index is 579. The molecule has 1 aliphatic heterocycles. The van der Waals surface area contributed by atoms with Crippen molar-refractivity contribution in [2.45, 2.75) is 26.0 Å². The lowest BCUT2D eigenvalue weighted by molar-refractivity contribution is -0.126. The molecule has 118 valence electrons. The summed E-state index contributed by atoms with van der Waals surface area (Å²) in [7, 11) is 1.65. The van der Waals surface area contributed by atoms with Crippen molar-refractivity contribution >= 4 is 5.91 Å². The largest absolute Gasteiger partial charge is 0.491 e. The van der Waals surface area contributed by atoms with Gasteiger partial charge in [0.25, 0.3) is 0 Å². The molecule has 1 amide bonds. The summed E-state index contributed by atoms with van der Waals surface area (Å²) >= 11 is 0. The zero-order valence-electron chi connectivity index (χ0n) is 13.3. The van der Waals surface area contributed by atoms with Crippen LogP contribution in [0.5, 0.6) is 5.75 Å². The first-order chi connectivity index (χ1) is 10.6. The number of methoxy groups -OCH3 is 1. The second-order valence-corrected chi connectivity index (χ2v) is 5.49. The third-order valence-electron chi connectivity index (χ3n) is 4.05. The number of carbonyl (C=O) groups excluding carboxylic acids is 1. The quantitative estimate of drug-likeness (QED) is 0.850. The maximum Gasteiger partial charge on any atom is 0.227 e. The molecule has 0 aliphatic carbocycles. The summed E-state index contributed by atoms with van der Waals surface area (Å²) in [6, 6.07) is 7.55. The molecule has 3 atom stereocenters. The first-order valence-corrected chi connectivity index (χ1v) is 7.42. The molecule has 4 heteroatoms. The van der Waals surface area contributed by atoms with Gasteiger partial charge in [0.1, 0.15) is 18.5 Å². The zero-order valence-corrected chi connectivity index (χ0v) is 13.3. The van der Waals surface area contributed by atoms with E-state index in [4.69, 9.17) is 9.47 Å². The van der Waals surface area contributed by atoms with E-state index >= 15 is 0 Å². The van der Waals surface area contributed by atoms with Crippen LogP contribution in [0.4, 0.5) is 0 Å². The number of ether oxygens (including phenoxy) is 2. The van der Waals surface area contributed by atoms with E-state index in [2.05, 4.69) is 11.9 Å². The molecule has 2 unspecified atom stereocenters. The molecule has 2 rings (SSSR count). The van der Waals surface area contributed by atoms with Crippen LogP contribution >= 0.6 is 0 Å². The molecule has 0 fully saturated rings. The van der Waals surface area contributed by atoms with Gasteiger partial charge in [0.15, 0.2) is 0 Å². The number of para-hydroxylation sites is 1. The van der Waals surface area contributed by atoms with E-state index in [1.54, 1.807) is 13.2 Å². The highest BCUT2D eigenvalue weighted by Gasteiger charge is 2.32. The Morgan fingerprint density at radius 3 is 2.91 bits per heavy atom. The fourth-order valence-electron chi connectivity index (χ4n) is 2.58. The van der Waals surface area contributed by atoms with Crippen LogP contribution in [0.3, 0.4) is 0 Å². The predicted octanol–water partition coefficient (Wildman–Crippen LogP) is 3.02. The number of carbonyl (C=O) groups is 1. The molecule has 0 saturated heterocycles. The molecule has 0 aromatic heterocycles. The second kappa shape index (κ2) is 7.27. The molecule has 1 aliphatic rings. The van der Waals surface area contributed by atoms with Crippen LogP contribution in [0.15, 0.2) is 48.6 Å². The molecule has 0 spiro atoms. The number of benzene rings is 1. The Morgan fingerprint density at radius 1 is 1.50 bits per heavy atom. The summed E-state index contributed by atoms with van der Waals surface area (Å²) in [5, 5.41) is 3.04. The molecule has 0 radical (unpaired) electrons. The summed E-state index contributed by atoms with van der Waals surface area (Å²) in [6.07, 6.45) is 3.34. The van der Waals surface area contributed by atoms with Crippen LogP contribution in [-0.4, -0.2) is 25.7 Å². The highest BCUT2D eigenvalue weighted by atomic mass is 16.5.